The van der Waals surface area contributed by atoms with Crippen molar-refractivity contribution in [2.75, 3.05) is 24.3 Å². The molecule has 0 fully saturated rings. The highest BCUT2D eigenvalue weighted by Gasteiger charge is 2.19. The van der Waals surface area contributed by atoms with Crippen LogP contribution in [0.2, 0.25) is 0 Å². The number of hydrogen-bond donors (Lipinski definition) is 1. The van der Waals surface area contributed by atoms with Gasteiger partial charge >= 0.3 is 5.97 Å². The summed E-state index contributed by atoms with van der Waals surface area (Å²) in [6.07, 6.45) is 3.27. The second kappa shape index (κ2) is 7.78. The smallest absolute Gasteiger partial charge is 0.340 e. The van der Waals surface area contributed by atoms with E-state index >= 15 is 0 Å². The molecule has 0 spiro atoms. The van der Waals surface area contributed by atoms with E-state index in [4.69, 9.17) is 10.5 Å². The number of carbonyl (C=O) groups excluding carboxylic acids is 1. The Balaban J connectivity index is 3.16. The predicted molar refractivity (Wildman–Crippen MR) is 84.2 cm³/mol. The zero-order valence-corrected chi connectivity index (χ0v) is 13.0. The summed E-state index contributed by atoms with van der Waals surface area (Å²) in [5.41, 5.74) is 8.06. The van der Waals surface area contributed by atoms with Crippen molar-refractivity contribution in [2.24, 2.45) is 0 Å². The molecule has 0 aromatic heterocycles. The van der Waals surface area contributed by atoms with Gasteiger partial charge in [-0.3, -0.25) is 0 Å². The van der Waals surface area contributed by atoms with Crippen molar-refractivity contribution in [1.82, 2.24) is 0 Å². The Kier molecular flexibility index (Phi) is 6.36. The zero-order chi connectivity index (χ0) is 15.1. The van der Waals surface area contributed by atoms with Gasteiger partial charge in [0.15, 0.2) is 0 Å². The third kappa shape index (κ3) is 3.65. The zero-order valence-electron chi connectivity index (χ0n) is 13.0. The van der Waals surface area contributed by atoms with Crippen LogP contribution in [0.1, 0.15) is 50.4 Å². The molecule has 1 aromatic carbocycles. The van der Waals surface area contributed by atoms with E-state index in [1.807, 2.05) is 12.1 Å². The van der Waals surface area contributed by atoms with E-state index in [0.717, 1.165) is 31.5 Å². The standard InChI is InChI=1S/C16H26N2O2/c1-5-7-11-18(12(3)6-2)14-10-8-9-13(15(14)17)16(19)20-4/h8-10,12H,5-7,11,17H2,1-4H3. The largest absolute Gasteiger partial charge is 0.465 e. The number of carbonyl (C=O) groups is 1. The predicted octanol–water partition coefficient (Wildman–Crippen LogP) is 3.46. The van der Waals surface area contributed by atoms with Crippen molar-refractivity contribution in [2.45, 2.75) is 46.1 Å². The fraction of sp³-hybridized carbons (Fsp3) is 0.562. The van der Waals surface area contributed by atoms with Gasteiger partial charge in [0, 0.05) is 12.6 Å². The van der Waals surface area contributed by atoms with Crippen LogP contribution >= 0.6 is 0 Å². The third-order valence-electron chi connectivity index (χ3n) is 3.67. The summed E-state index contributed by atoms with van der Waals surface area (Å²) in [6.45, 7) is 7.45. The molecular formula is C16H26N2O2. The van der Waals surface area contributed by atoms with Crippen molar-refractivity contribution < 1.29 is 9.53 Å². The molecule has 0 saturated heterocycles. The molecule has 1 aromatic rings. The van der Waals surface area contributed by atoms with Crippen molar-refractivity contribution in [3.05, 3.63) is 23.8 Å². The van der Waals surface area contributed by atoms with Crippen LogP contribution in [0, 0.1) is 0 Å². The molecule has 0 saturated carbocycles. The number of nitrogens with two attached hydrogens (primary N) is 1. The van der Waals surface area contributed by atoms with Crippen LogP contribution in [0.5, 0.6) is 0 Å². The summed E-state index contributed by atoms with van der Waals surface area (Å²) in [4.78, 5) is 14.0. The number of benzene rings is 1. The van der Waals surface area contributed by atoms with E-state index in [-0.39, 0.29) is 5.97 Å². The topological polar surface area (TPSA) is 55.6 Å². The molecule has 0 aliphatic carbocycles. The highest BCUT2D eigenvalue weighted by atomic mass is 16.5. The molecule has 0 aliphatic rings. The molecule has 1 rings (SSSR count). The number of para-hydroxylation sites is 1. The van der Waals surface area contributed by atoms with E-state index in [1.165, 1.54) is 7.11 Å². The fourth-order valence-corrected chi connectivity index (χ4v) is 2.22. The van der Waals surface area contributed by atoms with E-state index in [1.54, 1.807) is 6.07 Å². The van der Waals surface area contributed by atoms with Crippen LogP contribution in [0.25, 0.3) is 0 Å². The summed E-state index contributed by atoms with van der Waals surface area (Å²) in [5.74, 6) is -0.385. The van der Waals surface area contributed by atoms with Gasteiger partial charge in [0.05, 0.1) is 24.0 Å². The molecule has 1 unspecified atom stereocenters. The van der Waals surface area contributed by atoms with Crippen molar-refractivity contribution in [3.63, 3.8) is 0 Å². The number of ether oxygens (including phenoxy) is 1. The van der Waals surface area contributed by atoms with Gasteiger partial charge in [-0.15, -0.1) is 0 Å². The number of nitrogen functional groups attached to an aromatic ring is 1. The number of unbranched alkanes of at least 4 members (excludes halogenated alkanes) is 1. The Morgan fingerprint density at radius 2 is 2.10 bits per heavy atom. The van der Waals surface area contributed by atoms with Crippen LogP contribution in [-0.2, 0) is 4.74 Å². The minimum absolute atomic E-state index is 0.385. The maximum absolute atomic E-state index is 11.7. The van der Waals surface area contributed by atoms with E-state index in [9.17, 15) is 4.79 Å². The molecule has 0 bridgehead atoms. The van der Waals surface area contributed by atoms with Gasteiger partial charge in [-0.05, 0) is 31.9 Å². The molecule has 0 radical (unpaired) electrons. The Morgan fingerprint density at radius 1 is 1.40 bits per heavy atom. The second-order valence-corrected chi connectivity index (χ2v) is 5.03. The Labute approximate surface area is 121 Å². The number of methoxy groups -OCH3 is 1. The molecule has 0 heterocycles. The van der Waals surface area contributed by atoms with Gasteiger partial charge in [-0.2, -0.15) is 0 Å². The second-order valence-electron chi connectivity index (χ2n) is 5.03. The summed E-state index contributed by atoms with van der Waals surface area (Å²) >= 11 is 0. The highest BCUT2D eigenvalue weighted by Crippen LogP contribution is 2.29. The first-order valence-electron chi connectivity index (χ1n) is 7.30. The normalized spacial score (nSPS) is 12.0. The van der Waals surface area contributed by atoms with Crippen molar-refractivity contribution in [1.29, 1.82) is 0 Å². The molecule has 20 heavy (non-hydrogen) atoms. The lowest BCUT2D eigenvalue weighted by Crippen LogP contribution is -2.34. The minimum atomic E-state index is -0.385. The average Bonchev–Trinajstić information content (AvgIpc) is 2.47. The third-order valence-corrected chi connectivity index (χ3v) is 3.67. The molecule has 4 nitrogen and oxygen atoms in total. The SMILES string of the molecule is CCCCN(c1cccc(C(=O)OC)c1N)C(C)CC. The molecule has 4 heteroatoms. The van der Waals surface area contributed by atoms with Crippen molar-refractivity contribution in [3.8, 4) is 0 Å². The fourth-order valence-electron chi connectivity index (χ4n) is 2.22. The van der Waals surface area contributed by atoms with Gasteiger partial charge in [0.2, 0.25) is 0 Å². The number of esters is 1. The van der Waals surface area contributed by atoms with Gasteiger partial charge in [0.25, 0.3) is 0 Å². The van der Waals surface area contributed by atoms with Crippen LogP contribution in [0.4, 0.5) is 11.4 Å². The van der Waals surface area contributed by atoms with Crippen molar-refractivity contribution >= 4 is 17.3 Å². The molecule has 1 atom stereocenters. The lowest BCUT2D eigenvalue weighted by Gasteiger charge is -2.32. The lowest BCUT2D eigenvalue weighted by atomic mass is 10.1. The quantitative estimate of drug-likeness (QED) is 0.613. The van der Waals surface area contributed by atoms with Gasteiger partial charge < -0.3 is 15.4 Å². The molecule has 2 N–H and O–H groups in total. The summed E-state index contributed by atoms with van der Waals surface area (Å²) < 4.78 is 4.78. The molecule has 112 valence electrons. The van der Waals surface area contributed by atoms with E-state index in [2.05, 4.69) is 25.7 Å². The number of anilines is 2. The maximum atomic E-state index is 11.7. The van der Waals surface area contributed by atoms with Gasteiger partial charge in [0.1, 0.15) is 0 Å². The lowest BCUT2D eigenvalue weighted by molar-refractivity contribution is 0.0602. The number of hydrogen-bond acceptors (Lipinski definition) is 4. The molecular weight excluding hydrogens is 252 g/mol. The van der Waals surface area contributed by atoms with Crippen LogP contribution in [0.15, 0.2) is 18.2 Å². The monoisotopic (exact) mass is 278 g/mol. The molecule has 0 aliphatic heterocycles. The summed E-state index contributed by atoms with van der Waals surface area (Å²) in [7, 11) is 1.37. The van der Waals surface area contributed by atoms with Gasteiger partial charge in [-0.1, -0.05) is 26.3 Å². The van der Waals surface area contributed by atoms with Crippen LogP contribution < -0.4 is 10.6 Å². The number of nitrogens with zero attached hydrogens (tertiary/aromatic N) is 1. The Hall–Kier alpha value is -1.71. The maximum Gasteiger partial charge on any atom is 0.340 e. The number of rotatable bonds is 7. The highest BCUT2D eigenvalue weighted by molar-refractivity contribution is 5.98. The first-order valence-corrected chi connectivity index (χ1v) is 7.30. The van der Waals surface area contributed by atoms with E-state index in [0.29, 0.717) is 17.3 Å². The Morgan fingerprint density at radius 3 is 2.65 bits per heavy atom. The summed E-state index contributed by atoms with van der Waals surface area (Å²) in [6, 6.07) is 5.93. The first-order chi connectivity index (χ1) is 9.56. The Bertz CT molecular complexity index is 446. The average molecular weight is 278 g/mol. The van der Waals surface area contributed by atoms with Crippen LogP contribution in [0.3, 0.4) is 0 Å². The summed E-state index contributed by atoms with van der Waals surface area (Å²) in [5, 5.41) is 0. The van der Waals surface area contributed by atoms with Crippen LogP contribution in [-0.4, -0.2) is 25.7 Å². The first kappa shape index (κ1) is 16.3. The van der Waals surface area contributed by atoms with E-state index < -0.39 is 0 Å². The molecule has 0 amide bonds. The minimum Gasteiger partial charge on any atom is -0.465 e. The van der Waals surface area contributed by atoms with Gasteiger partial charge in [-0.25, -0.2) is 4.79 Å².